The van der Waals surface area contributed by atoms with E-state index in [-0.39, 0.29) is 5.91 Å². The molecule has 1 aromatic heterocycles. The van der Waals surface area contributed by atoms with Crippen LogP contribution in [0.1, 0.15) is 16.1 Å². The first-order valence-electron chi connectivity index (χ1n) is 4.75. The van der Waals surface area contributed by atoms with Crippen LogP contribution < -0.4 is 5.32 Å². The lowest BCUT2D eigenvalue weighted by atomic mass is 10.2. The number of benzene rings is 1. The van der Waals surface area contributed by atoms with Crippen molar-refractivity contribution in [3.05, 3.63) is 47.8 Å². The van der Waals surface area contributed by atoms with Crippen molar-refractivity contribution in [2.75, 3.05) is 5.32 Å². The van der Waals surface area contributed by atoms with Gasteiger partial charge in [-0.15, -0.1) is 0 Å². The van der Waals surface area contributed by atoms with Crippen LogP contribution in [0.25, 0.3) is 0 Å². The van der Waals surface area contributed by atoms with Gasteiger partial charge in [-0.3, -0.25) is 9.89 Å². The second-order valence-electron chi connectivity index (χ2n) is 3.25. The molecule has 1 heterocycles. The summed E-state index contributed by atoms with van der Waals surface area (Å²) in [5, 5.41) is 9.91. The zero-order valence-corrected chi connectivity index (χ0v) is 9.99. The number of hydrogen-bond donors (Lipinski definition) is 2. The number of hydrogen-bond acceptors (Lipinski definition) is 2. The predicted octanol–water partition coefficient (Wildman–Crippen LogP) is 2.56. The van der Waals surface area contributed by atoms with Gasteiger partial charge in [0.2, 0.25) is 0 Å². The Bertz CT molecular complexity index is 464. The van der Waals surface area contributed by atoms with Gasteiger partial charge in [0, 0.05) is 17.2 Å². The number of nitrogens with one attached hydrogen (secondary N) is 2. The van der Waals surface area contributed by atoms with Crippen LogP contribution in [0.5, 0.6) is 0 Å². The zero-order chi connectivity index (χ0) is 11.4. The van der Waals surface area contributed by atoms with Gasteiger partial charge in [0.15, 0.2) is 0 Å². The zero-order valence-electron chi connectivity index (χ0n) is 8.40. The molecular weight excluding hydrogens is 270 g/mol. The highest BCUT2D eigenvalue weighted by Crippen LogP contribution is 2.12. The van der Waals surface area contributed by atoms with Gasteiger partial charge in [-0.05, 0) is 23.8 Å². The Hall–Kier alpha value is -1.62. The summed E-state index contributed by atoms with van der Waals surface area (Å²) in [7, 11) is 0. The van der Waals surface area contributed by atoms with Crippen LogP contribution in [0.2, 0.25) is 0 Å². The van der Waals surface area contributed by atoms with E-state index in [1.165, 1.54) is 5.56 Å². The molecule has 0 atom stereocenters. The smallest absolute Gasteiger partial charge is 0.273 e. The van der Waals surface area contributed by atoms with E-state index in [9.17, 15) is 4.79 Å². The summed E-state index contributed by atoms with van der Waals surface area (Å²) in [6, 6.07) is 9.27. The first-order valence-corrected chi connectivity index (χ1v) is 5.87. The van der Waals surface area contributed by atoms with Crippen LogP contribution in [0.15, 0.2) is 36.5 Å². The van der Waals surface area contributed by atoms with E-state index in [1.807, 2.05) is 24.3 Å². The Morgan fingerprint density at radius 3 is 2.62 bits per heavy atom. The Kier molecular flexibility index (Phi) is 3.36. The van der Waals surface area contributed by atoms with Gasteiger partial charge in [0.25, 0.3) is 5.91 Å². The van der Waals surface area contributed by atoms with E-state index in [0.29, 0.717) is 5.69 Å². The fourth-order valence-electron chi connectivity index (χ4n) is 1.26. The molecule has 0 fully saturated rings. The van der Waals surface area contributed by atoms with Crippen molar-refractivity contribution < 1.29 is 4.79 Å². The Morgan fingerprint density at radius 1 is 1.31 bits per heavy atom. The number of anilines is 1. The molecule has 0 bridgehead atoms. The van der Waals surface area contributed by atoms with Crippen LogP contribution in [-0.4, -0.2) is 16.1 Å². The quantitative estimate of drug-likeness (QED) is 0.849. The van der Waals surface area contributed by atoms with Crippen LogP contribution >= 0.6 is 15.9 Å². The second-order valence-corrected chi connectivity index (χ2v) is 3.82. The molecular formula is C11H10BrN3O. The maximum Gasteiger partial charge on any atom is 0.273 e. The van der Waals surface area contributed by atoms with Gasteiger partial charge in [0.1, 0.15) is 5.69 Å². The Labute approximate surface area is 101 Å². The van der Waals surface area contributed by atoms with Crippen molar-refractivity contribution in [1.82, 2.24) is 10.2 Å². The Balaban J connectivity index is 2.06. The number of carbonyl (C=O) groups is 1. The highest BCUT2D eigenvalue weighted by atomic mass is 79.9. The summed E-state index contributed by atoms with van der Waals surface area (Å²) >= 11 is 3.36. The molecule has 2 N–H and O–H groups in total. The van der Waals surface area contributed by atoms with Crippen molar-refractivity contribution >= 4 is 27.5 Å². The fraction of sp³-hybridized carbons (Fsp3) is 0.0909. The number of aromatic nitrogens is 2. The summed E-state index contributed by atoms with van der Waals surface area (Å²) in [6.45, 7) is 0. The minimum absolute atomic E-state index is 0.191. The number of alkyl halides is 1. The molecule has 0 saturated carbocycles. The highest BCUT2D eigenvalue weighted by molar-refractivity contribution is 9.08. The van der Waals surface area contributed by atoms with E-state index < -0.39 is 0 Å². The minimum Gasteiger partial charge on any atom is -0.321 e. The minimum atomic E-state index is -0.191. The maximum atomic E-state index is 11.6. The molecule has 2 rings (SSSR count). The summed E-state index contributed by atoms with van der Waals surface area (Å²) in [5.41, 5.74) is 2.38. The van der Waals surface area contributed by atoms with Gasteiger partial charge in [-0.1, -0.05) is 28.1 Å². The highest BCUT2D eigenvalue weighted by Gasteiger charge is 2.06. The maximum absolute atomic E-state index is 11.6. The predicted molar refractivity (Wildman–Crippen MR) is 65.6 cm³/mol. The lowest BCUT2D eigenvalue weighted by Crippen LogP contribution is -2.12. The second kappa shape index (κ2) is 4.94. The standard InChI is InChI=1S/C11H10BrN3O/c12-7-8-1-3-9(4-2-8)14-11(16)10-5-6-13-15-10/h1-6H,7H2,(H,13,15)(H,14,16). The van der Waals surface area contributed by atoms with Gasteiger partial charge >= 0.3 is 0 Å². The van der Waals surface area contributed by atoms with Crippen LogP contribution in [0.3, 0.4) is 0 Å². The van der Waals surface area contributed by atoms with Crippen molar-refractivity contribution in [3.63, 3.8) is 0 Å². The van der Waals surface area contributed by atoms with Gasteiger partial charge in [-0.2, -0.15) is 5.10 Å². The molecule has 82 valence electrons. The van der Waals surface area contributed by atoms with Crippen molar-refractivity contribution in [1.29, 1.82) is 0 Å². The third-order valence-electron chi connectivity index (χ3n) is 2.11. The van der Waals surface area contributed by atoms with Crippen LogP contribution in [0, 0.1) is 0 Å². The number of H-pyrrole nitrogens is 1. The molecule has 0 radical (unpaired) electrons. The summed E-state index contributed by atoms with van der Waals surface area (Å²) in [5.74, 6) is -0.191. The normalized spacial score (nSPS) is 10.1. The molecule has 4 nitrogen and oxygen atoms in total. The van der Waals surface area contributed by atoms with Crippen molar-refractivity contribution in [2.45, 2.75) is 5.33 Å². The third-order valence-corrected chi connectivity index (χ3v) is 2.76. The third kappa shape index (κ3) is 2.49. The number of rotatable bonds is 3. The average molecular weight is 280 g/mol. The number of halogens is 1. The largest absolute Gasteiger partial charge is 0.321 e. The molecule has 16 heavy (non-hydrogen) atoms. The average Bonchev–Trinajstić information content (AvgIpc) is 2.83. The lowest BCUT2D eigenvalue weighted by molar-refractivity contribution is 0.102. The summed E-state index contributed by atoms with van der Waals surface area (Å²) in [4.78, 5) is 11.6. The molecule has 1 aromatic carbocycles. The molecule has 0 aliphatic carbocycles. The van der Waals surface area contributed by atoms with E-state index in [4.69, 9.17) is 0 Å². The van der Waals surface area contributed by atoms with Crippen molar-refractivity contribution in [3.8, 4) is 0 Å². The van der Waals surface area contributed by atoms with E-state index in [0.717, 1.165) is 11.0 Å². The van der Waals surface area contributed by atoms with Crippen molar-refractivity contribution in [2.24, 2.45) is 0 Å². The Morgan fingerprint density at radius 2 is 2.06 bits per heavy atom. The summed E-state index contributed by atoms with van der Waals surface area (Å²) in [6.07, 6.45) is 1.54. The van der Waals surface area contributed by atoms with Gasteiger partial charge in [0.05, 0.1) is 0 Å². The molecule has 5 heteroatoms. The number of carbonyl (C=O) groups excluding carboxylic acids is 1. The fourth-order valence-corrected chi connectivity index (χ4v) is 1.63. The molecule has 1 amide bonds. The molecule has 0 aliphatic rings. The van der Waals surface area contributed by atoms with Crippen LogP contribution in [0.4, 0.5) is 5.69 Å². The molecule has 0 aliphatic heterocycles. The monoisotopic (exact) mass is 279 g/mol. The molecule has 0 spiro atoms. The lowest BCUT2D eigenvalue weighted by Gasteiger charge is -2.03. The molecule has 0 saturated heterocycles. The SMILES string of the molecule is O=C(Nc1ccc(CBr)cc1)c1ccn[nH]1. The van der Waals surface area contributed by atoms with E-state index >= 15 is 0 Å². The van der Waals surface area contributed by atoms with Crippen LogP contribution in [-0.2, 0) is 5.33 Å². The number of aromatic amines is 1. The molecule has 2 aromatic rings. The van der Waals surface area contributed by atoms with E-state index in [2.05, 4.69) is 31.4 Å². The van der Waals surface area contributed by atoms with Gasteiger partial charge in [-0.25, -0.2) is 0 Å². The summed E-state index contributed by atoms with van der Waals surface area (Å²) < 4.78 is 0. The number of amides is 1. The first kappa shape index (κ1) is 10.9. The first-order chi connectivity index (χ1) is 7.79. The molecule has 0 unspecified atom stereocenters. The van der Waals surface area contributed by atoms with E-state index in [1.54, 1.807) is 12.3 Å². The number of nitrogens with zero attached hydrogens (tertiary/aromatic N) is 1. The van der Waals surface area contributed by atoms with Gasteiger partial charge < -0.3 is 5.32 Å². The topological polar surface area (TPSA) is 57.8 Å².